The fraction of sp³-hybridized carbons (Fsp3) is 0.700. The average molecular weight is 255 g/mol. The molecule has 0 unspecified atom stereocenters. The monoisotopic (exact) mass is 255 g/mol. The van der Waals surface area contributed by atoms with Gasteiger partial charge in [-0.3, -0.25) is 15.9 Å². The summed E-state index contributed by atoms with van der Waals surface area (Å²) < 4.78 is 0. The molecule has 0 rings (SSSR count). The summed E-state index contributed by atoms with van der Waals surface area (Å²) in [7, 11) is 3.22. The maximum Gasteiger partial charge on any atom is 1.00 e. The van der Waals surface area contributed by atoms with Crippen LogP contribution in [0.5, 0.6) is 0 Å². The molecule has 0 aromatic rings. The molecule has 0 aliphatic heterocycles. The Hall–Kier alpha value is -0.270. The number of carbonyl (C=O) groups excluding carboxylic acids is 3. The molecule has 1 atom stereocenters. The van der Waals surface area contributed by atoms with Crippen molar-refractivity contribution < 1.29 is 49.4 Å². The topological polar surface area (TPSA) is 99.5 Å². The van der Waals surface area contributed by atoms with Gasteiger partial charge in [0.25, 0.3) is 0 Å². The van der Waals surface area contributed by atoms with Gasteiger partial charge in [-0.2, -0.15) is 6.42 Å². The van der Waals surface area contributed by atoms with Crippen molar-refractivity contribution in [3.63, 3.8) is 0 Å². The van der Waals surface area contributed by atoms with E-state index >= 15 is 0 Å². The number of nitrogens with one attached hydrogen (secondary N) is 1. The van der Waals surface area contributed by atoms with E-state index in [4.69, 9.17) is 0 Å². The zero-order valence-corrected chi connectivity index (χ0v) is 12.9. The smallest absolute Gasteiger partial charge is 0.542 e. The third-order valence-electron chi connectivity index (χ3n) is 2.02. The number of Topliss-reactive ketones (excluding diaryl/α,β-unsaturated/α-hetero) is 1. The maximum absolute atomic E-state index is 11.7. The number of carbonyl (C=O) groups is 2. The maximum atomic E-state index is 11.7. The first-order valence-electron chi connectivity index (χ1n) is 4.79. The van der Waals surface area contributed by atoms with Gasteiger partial charge in [-0.15, -0.1) is 0 Å². The Kier molecular flexibility index (Phi) is 15.8. The quantitative estimate of drug-likeness (QED) is 0.282. The summed E-state index contributed by atoms with van der Waals surface area (Å²) in [5, 5.41) is 2.81. The fourth-order valence-electron chi connectivity index (χ4n) is 1.27. The molecular formula is C10H20N2NaO4+. The molecule has 0 bridgehead atoms. The molecule has 0 aromatic carbocycles. The molecule has 0 fully saturated rings. The van der Waals surface area contributed by atoms with Gasteiger partial charge in [-0.1, -0.05) is 6.42 Å². The second-order valence-corrected chi connectivity index (χ2v) is 3.42. The summed E-state index contributed by atoms with van der Waals surface area (Å²) in [5.41, 5.74) is 0. The number of hydrogen-bond donors (Lipinski definition) is 1. The summed E-state index contributed by atoms with van der Waals surface area (Å²) in [5.74, 6) is -0.245. The number of rotatable bonds is 7. The van der Waals surface area contributed by atoms with Gasteiger partial charge in [0.1, 0.15) is 5.78 Å². The van der Waals surface area contributed by atoms with Crippen molar-refractivity contribution in [2.24, 2.45) is 0 Å². The minimum Gasteiger partial charge on any atom is -0.542 e. The van der Waals surface area contributed by atoms with Crippen molar-refractivity contribution in [3.05, 3.63) is 0 Å². The predicted molar refractivity (Wildman–Crippen MR) is 61.0 cm³/mol. The molecule has 0 aliphatic carbocycles. The summed E-state index contributed by atoms with van der Waals surface area (Å²) in [6.45, 7) is 1.53. The van der Waals surface area contributed by atoms with Crippen molar-refractivity contribution in [3.8, 4) is 0 Å². The molecule has 0 saturated heterocycles. The first kappa shape index (κ1) is 22.0. The van der Waals surface area contributed by atoms with Gasteiger partial charge in [0.2, 0.25) is 5.91 Å². The molecule has 0 saturated carbocycles. The Morgan fingerprint density at radius 2 is 1.94 bits per heavy atom. The number of amides is 1. The average Bonchev–Trinajstić information content (AvgIpc) is 2.17. The van der Waals surface area contributed by atoms with Crippen LogP contribution in [0.1, 0.15) is 19.8 Å². The number of likely N-dealkylation sites (N-methyl/N-ethyl adjacent to an activating group) is 2. The van der Waals surface area contributed by atoms with Gasteiger partial charge in [-0.05, 0) is 14.0 Å². The van der Waals surface area contributed by atoms with E-state index in [0.717, 1.165) is 0 Å². The number of hydrogen-bond acceptors (Lipinski definition) is 4. The van der Waals surface area contributed by atoms with Crippen molar-refractivity contribution >= 4 is 18.0 Å². The number of ketones is 1. The summed E-state index contributed by atoms with van der Waals surface area (Å²) >= 11 is 0. The van der Waals surface area contributed by atoms with Crippen LogP contribution in [0, 0.1) is 0 Å². The minimum absolute atomic E-state index is 0. The Balaban J connectivity index is -0.000000980. The molecular weight excluding hydrogens is 235 g/mol. The van der Waals surface area contributed by atoms with E-state index < -0.39 is 6.04 Å². The van der Waals surface area contributed by atoms with E-state index in [1.54, 1.807) is 20.4 Å². The van der Waals surface area contributed by atoms with Crippen LogP contribution in [-0.2, 0) is 19.9 Å². The van der Waals surface area contributed by atoms with Gasteiger partial charge in [0.15, 0.2) is 0 Å². The molecule has 0 spiro atoms. The van der Waals surface area contributed by atoms with Crippen molar-refractivity contribution in [2.75, 3.05) is 20.6 Å². The van der Waals surface area contributed by atoms with Crippen LogP contribution in [0.15, 0.2) is 0 Å². The van der Waals surface area contributed by atoms with E-state index in [1.807, 2.05) is 0 Å². The van der Waals surface area contributed by atoms with E-state index in [0.29, 0.717) is 6.42 Å². The first-order valence-corrected chi connectivity index (χ1v) is 4.79. The van der Waals surface area contributed by atoms with Crippen LogP contribution < -0.4 is 34.9 Å². The van der Waals surface area contributed by atoms with E-state index in [-0.39, 0.29) is 59.7 Å². The second kappa shape index (κ2) is 12.2. The zero-order chi connectivity index (χ0) is 11.8. The van der Waals surface area contributed by atoms with Crippen LogP contribution in [0.4, 0.5) is 0 Å². The molecule has 7 heteroatoms. The van der Waals surface area contributed by atoms with Crippen LogP contribution in [0.2, 0.25) is 0 Å². The predicted octanol–water partition coefficient (Wildman–Crippen LogP) is -4.41. The van der Waals surface area contributed by atoms with Gasteiger partial charge in [0, 0.05) is 7.05 Å². The van der Waals surface area contributed by atoms with Crippen LogP contribution in [-0.4, -0.2) is 49.6 Å². The summed E-state index contributed by atoms with van der Waals surface area (Å²) in [6.07, 6.45) is 2.36. The van der Waals surface area contributed by atoms with Gasteiger partial charge < -0.3 is 20.5 Å². The van der Waals surface area contributed by atoms with E-state index in [2.05, 4.69) is 5.32 Å². The van der Waals surface area contributed by atoms with E-state index in [1.165, 1.54) is 11.8 Å². The molecule has 1 amide bonds. The van der Waals surface area contributed by atoms with Gasteiger partial charge >= 0.3 is 29.6 Å². The fourth-order valence-corrected chi connectivity index (χ4v) is 1.27. The third-order valence-corrected chi connectivity index (χ3v) is 2.02. The molecule has 6 nitrogen and oxygen atoms in total. The van der Waals surface area contributed by atoms with Crippen molar-refractivity contribution in [2.45, 2.75) is 25.8 Å². The first-order chi connectivity index (χ1) is 7.02. The van der Waals surface area contributed by atoms with Gasteiger partial charge in [0.05, 0.1) is 12.6 Å². The van der Waals surface area contributed by atoms with Crippen molar-refractivity contribution in [1.29, 1.82) is 0 Å². The largest absolute Gasteiger partial charge is 1.00 e. The third kappa shape index (κ3) is 9.43. The molecule has 0 radical (unpaired) electrons. The van der Waals surface area contributed by atoms with Gasteiger partial charge in [-0.25, -0.2) is 0 Å². The summed E-state index contributed by atoms with van der Waals surface area (Å²) in [4.78, 5) is 33.9. The molecule has 94 valence electrons. The Labute approximate surface area is 124 Å². The SMILES string of the molecule is CN[C@@H](CC[C-]=O)C(=O)N(C)CC(C)=O.[Na+].[OH3+]. The van der Waals surface area contributed by atoms with Crippen LogP contribution >= 0.6 is 0 Å². The van der Waals surface area contributed by atoms with Crippen molar-refractivity contribution in [1.82, 2.24) is 10.2 Å². The second-order valence-electron chi connectivity index (χ2n) is 3.42. The molecule has 0 heterocycles. The van der Waals surface area contributed by atoms with Crippen LogP contribution in [0.25, 0.3) is 0 Å². The minimum atomic E-state index is -0.421. The molecule has 0 aromatic heterocycles. The molecule has 17 heavy (non-hydrogen) atoms. The Bertz CT molecular complexity index is 248. The Morgan fingerprint density at radius 3 is 2.29 bits per heavy atom. The summed E-state index contributed by atoms with van der Waals surface area (Å²) in [6, 6.07) is -0.421. The standard InChI is InChI=1S/C10H17N2O3.Na.H2O/c1-8(14)7-12(3)10(15)9(11-2)5-4-6-13;;/h9,11H,4-5,7H2,1-3H3;;1H2/q-1;+1;/p+1/t9-;;/m0../s1. The molecule has 4 N–H and O–H groups in total. The number of nitrogens with zero attached hydrogens (tertiary/aromatic N) is 1. The Morgan fingerprint density at radius 1 is 1.41 bits per heavy atom. The normalized spacial score (nSPS) is 10.5. The molecule has 0 aliphatic rings. The zero-order valence-electron chi connectivity index (χ0n) is 10.9. The van der Waals surface area contributed by atoms with E-state index in [9.17, 15) is 14.4 Å². The van der Waals surface area contributed by atoms with Crippen LogP contribution in [0.3, 0.4) is 0 Å².